The summed E-state index contributed by atoms with van der Waals surface area (Å²) in [6.45, 7) is 0.568. The van der Waals surface area contributed by atoms with Crippen LogP contribution in [-0.4, -0.2) is 0 Å². The summed E-state index contributed by atoms with van der Waals surface area (Å²) in [5.41, 5.74) is 14.3. The van der Waals surface area contributed by atoms with E-state index in [9.17, 15) is 4.39 Å². The maximum absolute atomic E-state index is 13.9. The minimum Gasteiger partial charge on any atom is -0.459 e. The molecule has 0 unspecified atom stereocenters. The Bertz CT molecular complexity index is 813. The molecule has 0 saturated heterocycles. The molecule has 3 aromatic rings. The van der Waals surface area contributed by atoms with Crippen molar-refractivity contribution in [1.82, 2.24) is 0 Å². The van der Waals surface area contributed by atoms with Crippen molar-refractivity contribution in [2.24, 2.45) is 11.5 Å². The Morgan fingerprint density at radius 2 is 1.81 bits per heavy atom. The topological polar surface area (TPSA) is 65.2 Å². The summed E-state index contributed by atoms with van der Waals surface area (Å²) >= 11 is 5.99. The molecule has 0 fully saturated rings. The molecule has 0 aliphatic carbocycles. The molecular weight excluding hydrogens is 291 g/mol. The fraction of sp³-hybridized carbons (Fsp3) is 0.125. The third-order valence-corrected chi connectivity index (χ3v) is 3.65. The molecule has 0 atom stereocenters. The molecule has 3 nitrogen and oxygen atoms in total. The molecule has 0 saturated carbocycles. The van der Waals surface area contributed by atoms with E-state index in [-0.39, 0.29) is 12.4 Å². The van der Waals surface area contributed by atoms with Crippen molar-refractivity contribution >= 4 is 22.6 Å². The van der Waals surface area contributed by atoms with Crippen LogP contribution < -0.4 is 11.5 Å². The van der Waals surface area contributed by atoms with E-state index in [0.29, 0.717) is 33.9 Å². The van der Waals surface area contributed by atoms with Gasteiger partial charge in [0.2, 0.25) is 0 Å². The van der Waals surface area contributed by atoms with Crippen LogP contribution >= 0.6 is 11.6 Å². The van der Waals surface area contributed by atoms with Crippen LogP contribution in [0.5, 0.6) is 0 Å². The predicted octanol–water partition coefficient (Wildman–Crippen LogP) is 3.81. The lowest BCUT2D eigenvalue weighted by Crippen LogP contribution is -1.99. The van der Waals surface area contributed by atoms with Gasteiger partial charge in [-0.25, -0.2) is 4.39 Å². The van der Waals surface area contributed by atoms with E-state index in [2.05, 4.69) is 0 Å². The Labute approximate surface area is 126 Å². The Hall–Kier alpha value is -1.88. The Kier molecular flexibility index (Phi) is 3.68. The highest BCUT2D eigenvalue weighted by Crippen LogP contribution is 2.34. The van der Waals surface area contributed by atoms with Gasteiger partial charge in [-0.2, -0.15) is 0 Å². The molecule has 0 radical (unpaired) electrons. The first kappa shape index (κ1) is 14.1. The number of hydrogen-bond donors (Lipinski definition) is 2. The number of benzene rings is 2. The van der Waals surface area contributed by atoms with Crippen LogP contribution in [0.2, 0.25) is 5.02 Å². The van der Waals surface area contributed by atoms with Crippen molar-refractivity contribution in [3.8, 4) is 11.1 Å². The fourth-order valence-electron chi connectivity index (χ4n) is 2.46. The van der Waals surface area contributed by atoms with Crippen LogP contribution in [0.4, 0.5) is 4.39 Å². The molecule has 3 rings (SSSR count). The SMILES string of the molecule is NCc1cc2cc(F)cc(-c3ccc(Cl)cc3CN)c2o1. The van der Waals surface area contributed by atoms with Gasteiger partial charge < -0.3 is 15.9 Å². The molecule has 0 aliphatic rings. The van der Waals surface area contributed by atoms with Gasteiger partial charge in [-0.3, -0.25) is 0 Å². The molecule has 4 N–H and O–H groups in total. The summed E-state index contributed by atoms with van der Waals surface area (Å²) in [5, 5.41) is 1.28. The molecule has 21 heavy (non-hydrogen) atoms. The van der Waals surface area contributed by atoms with E-state index in [0.717, 1.165) is 11.1 Å². The summed E-state index contributed by atoms with van der Waals surface area (Å²) in [6, 6.07) is 9.97. The summed E-state index contributed by atoms with van der Waals surface area (Å²) in [5.74, 6) is 0.278. The minimum absolute atomic E-state index is 0.264. The third-order valence-electron chi connectivity index (χ3n) is 3.41. The average molecular weight is 305 g/mol. The van der Waals surface area contributed by atoms with Gasteiger partial charge in [0, 0.05) is 22.5 Å². The van der Waals surface area contributed by atoms with E-state index >= 15 is 0 Å². The second-order valence-corrected chi connectivity index (χ2v) is 5.23. The zero-order chi connectivity index (χ0) is 15.0. The molecule has 0 aliphatic heterocycles. The van der Waals surface area contributed by atoms with E-state index in [4.69, 9.17) is 27.5 Å². The van der Waals surface area contributed by atoms with E-state index in [1.165, 1.54) is 12.1 Å². The molecule has 1 aromatic heterocycles. The summed E-state index contributed by atoms with van der Waals surface area (Å²) < 4.78 is 19.6. The number of halogens is 2. The molecule has 108 valence electrons. The van der Waals surface area contributed by atoms with Gasteiger partial charge in [-0.1, -0.05) is 17.7 Å². The lowest BCUT2D eigenvalue weighted by atomic mass is 9.98. The van der Waals surface area contributed by atoms with Crippen molar-refractivity contribution < 1.29 is 8.81 Å². The largest absolute Gasteiger partial charge is 0.459 e. The molecule has 0 bridgehead atoms. The molecule has 1 heterocycles. The molecule has 5 heteroatoms. The van der Waals surface area contributed by atoms with Crippen LogP contribution in [0.1, 0.15) is 11.3 Å². The highest BCUT2D eigenvalue weighted by Gasteiger charge is 2.14. The number of rotatable bonds is 3. The van der Waals surface area contributed by atoms with Gasteiger partial charge in [-0.15, -0.1) is 0 Å². The smallest absolute Gasteiger partial charge is 0.142 e. The summed E-state index contributed by atoms with van der Waals surface area (Å²) in [4.78, 5) is 0. The normalized spacial score (nSPS) is 11.2. The average Bonchev–Trinajstić information content (AvgIpc) is 2.89. The molecule has 2 aromatic carbocycles. The second-order valence-electron chi connectivity index (χ2n) is 4.79. The first-order valence-corrected chi connectivity index (χ1v) is 6.91. The fourth-order valence-corrected chi connectivity index (χ4v) is 2.66. The van der Waals surface area contributed by atoms with Crippen molar-refractivity contribution in [2.45, 2.75) is 13.1 Å². The number of furan rings is 1. The van der Waals surface area contributed by atoms with Crippen LogP contribution in [0, 0.1) is 5.82 Å². The van der Waals surface area contributed by atoms with E-state index in [1.54, 1.807) is 18.2 Å². The Balaban J connectivity index is 2.31. The predicted molar refractivity (Wildman–Crippen MR) is 82.4 cm³/mol. The lowest BCUT2D eigenvalue weighted by molar-refractivity contribution is 0.552. The highest BCUT2D eigenvalue weighted by atomic mass is 35.5. The molecule has 0 amide bonds. The number of fused-ring (bicyclic) bond motifs is 1. The van der Waals surface area contributed by atoms with Crippen molar-refractivity contribution in [2.75, 3.05) is 0 Å². The van der Waals surface area contributed by atoms with E-state index in [1.807, 2.05) is 6.07 Å². The van der Waals surface area contributed by atoms with Gasteiger partial charge in [0.25, 0.3) is 0 Å². The van der Waals surface area contributed by atoms with Gasteiger partial charge in [0.1, 0.15) is 17.2 Å². The first-order chi connectivity index (χ1) is 10.1. The van der Waals surface area contributed by atoms with Gasteiger partial charge in [0.15, 0.2) is 0 Å². The Morgan fingerprint density at radius 3 is 2.52 bits per heavy atom. The van der Waals surface area contributed by atoms with Gasteiger partial charge >= 0.3 is 0 Å². The van der Waals surface area contributed by atoms with Crippen LogP contribution in [-0.2, 0) is 13.1 Å². The minimum atomic E-state index is -0.334. The van der Waals surface area contributed by atoms with Crippen molar-refractivity contribution in [3.63, 3.8) is 0 Å². The quantitative estimate of drug-likeness (QED) is 0.773. The zero-order valence-electron chi connectivity index (χ0n) is 11.2. The van der Waals surface area contributed by atoms with Crippen LogP contribution in [0.3, 0.4) is 0 Å². The standard InChI is InChI=1S/C16H14ClFN2O/c17-11-1-2-14(10(3-11)7-19)15-6-12(18)4-9-5-13(8-20)21-16(9)15/h1-6H,7-8,19-20H2. The lowest BCUT2D eigenvalue weighted by Gasteiger charge is -2.09. The zero-order valence-corrected chi connectivity index (χ0v) is 12.0. The molecular formula is C16H14ClFN2O. The highest BCUT2D eigenvalue weighted by molar-refractivity contribution is 6.30. The van der Waals surface area contributed by atoms with Crippen molar-refractivity contribution in [3.05, 3.63) is 58.6 Å². The number of nitrogens with two attached hydrogens (primary N) is 2. The maximum Gasteiger partial charge on any atom is 0.142 e. The third kappa shape index (κ3) is 2.53. The molecule has 0 spiro atoms. The second kappa shape index (κ2) is 5.48. The van der Waals surface area contributed by atoms with Crippen LogP contribution in [0.25, 0.3) is 22.1 Å². The monoisotopic (exact) mass is 304 g/mol. The Morgan fingerprint density at radius 1 is 1.00 bits per heavy atom. The van der Waals surface area contributed by atoms with Crippen LogP contribution in [0.15, 0.2) is 40.8 Å². The maximum atomic E-state index is 13.9. The van der Waals surface area contributed by atoms with Gasteiger partial charge in [0.05, 0.1) is 6.54 Å². The summed E-state index contributed by atoms with van der Waals surface area (Å²) in [6.07, 6.45) is 0. The van der Waals surface area contributed by atoms with Crippen molar-refractivity contribution in [1.29, 1.82) is 0 Å². The van der Waals surface area contributed by atoms with Gasteiger partial charge in [-0.05, 0) is 41.5 Å². The summed E-state index contributed by atoms with van der Waals surface area (Å²) in [7, 11) is 0. The number of hydrogen-bond acceptors (Lipinski definition) is 3. The first-order valence-electron chi connectivity index (χ1n) is 6.53. The van der Waals surface area contributed by atoms with E-state index < -0.39 is 0 Å².